The van der Waals surface area contributed by atoms with Crippen molar-refractivity contribution in [2.75, 3.05) is 6.54 Å². The highest BCUT2D eigenvalue weighted by molar-refractivity contribution is 6.40. The van der Waals surface area contributed by atoms with E-state index in [9.17, 15) is 9.90 Å². The van der Waals surface area contributed by atoms with Gasteiger partial charge < -0.3 is 10.4 Å². The number of carbonyl (C=O) groups is 1. The minimum absolute atomic E-state index is 0.0776. The van der Waals surface area contributed by atoms with Gasteiger partial charge in [-0.25, -0.2) is 0 Å². The first kappa shape index (κ1) is 15.8. The molecule has 0 fully saturated rings. The van der Waals surface area contributed by atoms with Gasteiger partial charge in [-0.05, 0) is 18.2 Å². The zero-order chi connectivity index (χ0) is 16.4. The zero-order valence-corrected chi connectivity index (χ0v) is 13.7. The Morgan fingerprint density at radius 2 is 2.04 bits per heavy atom. The lowest BCUT2D eigenvalue weighted by Gasteiger charge is -2.09. The van der Waals surface area contributed by atoms with Gasteiger partial charge in [0, 0.05) is 47.6 Å². The maximum absolute atomic E-state index is 12.2. The van der Waals surface area contributed by atoms with Crippen molar-refractivity contribution in [1.82, 2.24) is 5.32 Å². The molecule has 0 radical (unpaired) electrons. The minimum Gasteiger partial charge on any atom is -0.506 e. The van der Waals surface area contributed by atoms with Crippen molar-refractivity contribution in [3.05, 3.63) is 51.6 Å². The maximum atomic E-state index is 12.2. The number of allylic oxidation sites excluding steroid dienone is 1. The third-order valence-corrected chi connectivity index (χ3v) is 4.26. The van der Waals surface area contributed by atoms with E-state index in [4.69, 9.17) is 23.2 Å². The highest BCUT2D eigenvalue weighted by Crippen LogP contribution is 2.37. The van der Waals surface area contributed by atoms with E-state index in [1.807, 2.05) is 12.3 Å². The fourth-order valence-corrected chi connectivity index (χ4v) is 3.00. The van der Waals surface area contributed by atoms with Gasteiger partial charge in [0.05, 0.1) is 10.0 Å². The summed E-state index contributed by atoms with van der Waals surface area (Å²) in [7, 11) is 0. The number of aromatic hydroxyl groups is 1. The van der Waals surface area contributed by atoms with Gasteiger partial charge in [0.15, 0.2) is 0 Å². The fraction of sp³-hybridized carbons (Fsp3) is 0.176. The van der Waals surface area contributed by atoms with Crippen LogP contribution in [0.25, 0.3) is 10.8 Å². The van der Waals surface area contributed by atoms with E-state index in [1.165, 1.54) is 6.07 Å². The number of nitrogens with zero attached hydrogens (tertiary/aromatic N) is 1. The Hall–Kier alpha value is -2.04. The highest BCUT2D eigenvalue weighted by atomic mass is 35.5. The molecule has 2 N–H and O–H groups in total. The molecule has 0 aliphatic carbocycles. The molecule has 1 aliphatic rings. The molecule has 0 atom stereocenters. The standard InChI is InChI=1S/C17H14Cl2N2O2/c18-14-9-15(19)16(22)13-8-10(3-4-12(13)14)17(23)21-7-5-11-2-1-6-20-11/h2-4,6,8-9,22H,1,5,7H2,(H,21,23). The maximum Gasteiger partial charge on any atom is 0.251 e. The van der Waals surface area contributed by atoms with E-state index in [2.05, 4.69) is 10.3 Å². The van der Waals surface area contributed by atoms with Crippen LogP contribution in [0.2, 0.25) is 10.0 Å². The van der Waals surface area contributed by atoms with Gasteiger partial charge in [-0.15, -0.1) is 0 Å². The Morgan fingerprint density at radius 3 is 2.78 bits per heavy atom. The summed E-state index contributed by atoms with van der Waals surface area (Å²) in [6.07, 6.45) is 5.43. The first-order valence-corrected chi connectivity index (χ1v) is 7.92. The third-order valence-electron chi connectivity index (χ3n) is 3.66. The van der Waals surface area contributed by atoms with Crippen LogP contribution in [-0.4, -0.2) is 23.8 Å². The Kier molecular flexibility index (Phi) is 4.55. The highest BCUT2D eigenvalue weighted by Gasteiger charge is 2.13. The molecule has 2 aromatic carbocycles. The van der Waals surface area contributed by atoms with E-state index in [0.717, 1.165) is 12.1 Å². The molecule has 2 aromatic rings. The van der Waals surface area contributed by atoms with Crippen molar-refractivity contribution in [3.8, 4) is 5.75 Å². The summed E-state index contributed by atoms with van der Waals surface area (Å²) in [4.78, 5) is 16.4. The Labute approximate surface area is 143 Å². The number of benzene rings is 2. The Morgan fingerprint density at radius 1 is 1.22 bits per heavy atom. The predicted molar refractivity (Wildman–Crippen MR) is 93.8 cm³/mol. The first-order valence-electron chi connectivity index (χ1n) is 7.17. The second-order valence-electron chi connectivity index (χ2n) is 5.20. The van der Waals surface area contributed by atoms with Gasteiger partial charge in [0.25, 0.3) is 5.91 Å². The third kappa shape index (κ3) is 3.33. The van der Waals surface area contributed by atoms with Crippen molar-refractivity contribution < 1.29 is 9.90 Å². The molecule has 1 amide bonds. The molecule has 0 saturated heterocycles. The number of fused-ring (bicyclic) bond motifs is 1. The summed E-state index contributed by atoms with van der Waals surface area (Å²) in [5.74, 6) is -0.295. The van der Waals surface area contributed by atoms with Crippen LogP contribution in [0.15, 0.2) is 41.0 Å². The van der Waals surface area contributed by atoms with E-state index < -0.39 is 0 Å². The first-order chi connectivity index (χ1) is 11.1. The van der Waals surface area contributed by atoms with Crippen molar-refractivity contribution in [2.45, 2.75) is 12.8 Å². The second-order valence-corrected chi connectivity index (χ2v) is 6.01. The van der Waals surface area contributed by atoms with Crippen molar-refractivity contribution in [3.63, 3.8) is 0 Å². The molecule has 0 aromatic heterocycles. The number of nitrogens with one attached hydrogen (secondary N) is 1. The lowest BCUT2D eigenvalue weighted by atomic mass is 10.1. The number of phenols is 1. The number of carbonyl (C=O) groups excluding carboxylic acids is 1. The molecule has 23 heavy (non-hydrogen) atoms. The average Bonchev–Trinajstić information content (AvgIpc) is 3.05. The van der Waals surface area contributed by atoms with Crippen LogP contribution in [0, 0.1) is 0 Å². The number of aliphatic imine (C=N–C) groups is 1. The monoisotopic (exact) mass is 348 g/mol. The van der Waals surface area contributed by atoms with Crippen LogP contribution >= 0.6 is 23.2 Å². The molecule has 118 valence electrons. The normalized spacial score (nSPS) is 13.4. The lowest BCUT2D eigenvalue weighted by Crippen LogP contribution is -2.24. The van der Waals surface area contributed by atoms with Gasteiger partial charge in [0.2, 0.25) is 0 Å². The average molecular weight is 349 g/mol. The number of phenolic OH excluding ortho intramolecular Hbond substituents is 1. The lowest BCUT2D eigenvalue weighted by molar-refractivity contribution is 0.0954. The molecule has 0 unspecified atom stereocenters. The van der Waals surface area contributed by atoms with Crippen LogP contribution in [0.5, 0.6) is 5.75 Å². The molecule has 1 aliphatic heterocycles. The number of halogens is 2. The van der Waals surface area contributed by atoms with E-state index in [1.54, 1.807) is 18.2 Å². The summed E-state index contributed by atoms with van der Waals surface area (Å²) in [5, 5.41) is 14.6. The quantitative estimate of drug-likeness (QED) is 0.863. The zero-order valence-electron chi connectivity index (χ0n) is 12.1. The van der Waals surface area contributed by atoms with E-state index >= 15 is 0 Å². The van der Waals surface area contributed by atoms with Crippen LogP contribution in [0.1, 0.15) is 23.2 Å². The van der Waals surface area contributed by atoms with Crippen LogP contribution in [-0.2, 0) is 0 Å². The molecule has 0 spiro atoms. The molecule has 4 nitrogen and oxygen atoms in total. The summed E-state index contributed by atoms with van der Waals surface area (Å²) in [6.45, 7) is 0.502. The van der Waals surface area contributed by atoms with Gasteiger partial charge in [-0.3, -0.25) is 9.79 Å². The predicted octanol–water partition coefficient (Wildman–Crippen LogP) is 4.33. The summed E-state index contributed by atoms with van der Waals surface area (Å²) in [6, 6.07) is 6.44. The largest absolute Gasteiger partial charge is 0.506 e. The minimum atomic E-state index is -0.218. The Balaban J connectivity index is 1.78. The van der Waals surface area contributed by atoms with Crippen LogP contribution in [0.4, 0.5) is 0 Å². The van der Waals surface area contributed by atoms with E-state index in [0.29, 0.717) is 34.3 Å². The number of hydrogen-bond donors (Lipinski definition) is 2. The Bertz CT molecular complexity index is 844. The van der Waals surface area contributed by atoms with Gasteiger partial charge >= 0.3 is 0 Å². The van der Waals surface area contributed by atoms with Crippen LogP contribution < -0.4 is 5.32 Å². The SMILES string of the molecule is O=C(NCCC1=CCC=N1)c1ccc2c(Cl)cc(Cl)c(O)c2c1. The fourth-order valence-electron chi connectivity index (χ4n) is 2.46. The molecular formula is C17H14Cl2N2O2. The van der Waals surface area contributed by atoms with Crippen LogP contribution in [0.3, 0.4) is 0 Å². The molecule has 6 heteroatoms. The molecule has 0 saturated carbocycles. The van der Waals surface area contributed by atoms with Crippen molar-refractivity contribution in [1.29, 1.82) is 0 Å². The summed E-state index contributed by atoms with van der Waals surface area (Å²) >= 11 is 12.0. The molecular weight excluding hydrogens is 335 g/mol. The summed E-state index contributed by atoms with van der Waals surface area (Å²) < 4.78 is 0. The molecule has 1 heterocycles. The van der Waals surface area contributed by atoms with Crippen molar-refractivity contribution >= 4 is 46.1 Å². The summed E-state index contributed by atoms with van der Waals surface area (Å²) in [5.41, 5.74) is 1.43. The second kappa shape index (κ2) is 6.60. The smallest absolute Gasteiger partial charge is 0.251 e. The molecule has 3 rings (SSSR count). The number of hydrogen-bond acceptors (Lipinski definition) is 3. The van der Waals surface area contributed by atoms with E-state index in [-0.39, 0.29) is 16.7 Å². The number of rotatable bonds is 4. The van der Waals surface area contributed by atoms with Crippen molar-refractivity contribution in [2.24, 2.45) is 4.99 Å². The van der Waals surface area contributed by atoms with Gasteiger partial charge in [0.1, 0.15) is 5.75 Å². The topological polar surface area (TPSA) is 61.7 Å². The number of amides is 1. The molecule has 0 bridgehead atoms. The van der Waals surface area contributed by atoms with Gasteiger partial charge in [-0.1, -0.05) is 35.3 Å². The van der Waals surface area contributed by atoms with Gasteiger partial charge in [-0.2, -0.15) is 0 Å².